The maximum Gasteiger partial charge on any atom is 0.305 e. The summed E-state index contributed by atoms with van der Waals surface area (Å²) in [6.45, 7) is 2.02. The van der Waals surface area contributed by atoms with Gasteiger partial charge in [-0.3, -0.25) is 14.8 Å². The highest BCUT2D eigenvalue weighted by Gasteiger charge is 2.27. The average molecular weight is 327 g/mol. The van der Waals surface area contributed by atoms with Crippen LogP contribution in [0.15, 0.2) is 60.7 Å². The molecule has 0 heterocycles. The molecule has 0 aromatic heterocycles. The van der Waals surface area contributed by atoms with Crippen LogP contribution in [0, 0.1) is 0 Å². The molecule has 1 N–H and O–H groups in total. The molecule has 0 bridgehead atoms. The second-order valence-corrected chi connectivity index (χ2v) is 5.27. The third-order valence-corrected chi connectivity index (χ3v) is 3.60. The lowest BCUT2D eigenvalue weighted by Crippen LogP contribution is -2.39. The topological polar surface area (TPSA) is 66.8 Å². The molecule has 0 aliphatic rings. The van der Waals surface area contributed by atoms with E-state index >= 15 is 0 Å². The van der Waals surface area contributed by atoms with Crippen molar-refractivity contribution in [2.45, 2.75) is 25.8 Å². The number of para-hydroxylation sites is 1. The van der Waals surface area contributed by atoms with Crippen LogP contribution in [0.4, 0.5) is 5.69 Å². The molecule has 0 spiro atoms. The smallest absolute Gasteiger partial charge is 0.305 e. The highest BCUT2D eigenvalue weighted by Crippen LogP contribution is 2.20. The Morgan fingerprint density at radius 3 is 2.21 bits per heavy atom. The van der Waals surface area contributed by atoms with E-state index in [0.717, 1.165) is 5.06 Å². The van der Waals surface area contributed by atoms with Gasteiger partial charge in [-0.25, -0.2) is 5.06 Å². The third kappa shape index (κ3) is 4.67. The van der Waals surface area contributed by atoms with Crippen molar-refractivity contribution in [2.24, 2.45) is 0 Å². The van der Waals surface area contributed by atoms with Gasteiger partial charge in [-0.15, -0.1) is 0 Å². The first-order chi connectivity index (χ1) is 11.6. The van der Waals surface area contributed by atoms with E-state index in [2.05, 4.69) is 0 Å². The van der Waals surface area contributed by atoms with E-state index in [-0.39, 0.29) is 31.2 Å². The van der Waals surface area contributed by atoms with Crippen LogP contribution in [-0.2, 0) is 9.53 Å². The number of ketones is 1. The fourth-order valence-corrected chi connectivity index (χ4v) is 2.41. The molecular weight excluding hydrogens is 306 g/mol. The first-order valence-corrected chi connectivity index (χ1v) is 7.91. The van der Waals surface area contributed by atoms with E-state index < -0.39 is 6.04 Å². The van der Waals surface area contributed by atoms with Crippen molar-refractivity contribution in [3.63, 3.8) is 0 Å². The molecule has 0 amide bonds. The molecule has 1 atom stereocenters. The van der Waals surface area contributed by atoms with Crippen molar-refractivity contribution < 1.29 is 19.5 Å². The molecule has 0 saturated carbocycles. The van der Waals surface area contributed by atoms with Crippen LogP contribution in [0.1, 0.15) is 30.1 Å². The zero-order valence-corrected chi connectivity index (χ0v) is 13.6. The highest BCUT2D eigenvalue weighted by atomic mass is 16.5. The van der Waals surface area contributed by atoms with Crippen molar-refractivity contribution in [3.05, 3.63) is 66.2 Å². The summed E-state index contributed by atoms with van der Waals surface area (Å²) in [7, 11) is 0. The molecule has 0 radical (unpaired) electrons. The van der Waals surface area contributed by atoms with E-state index in [1.54, 1.807) is 55.5 Å². The van der Waals surface area contributed by atoms with E-state index in [1.165, 1.54) is 0 Å². The molecule has 2 aromatic carbocycles. The fourth-order valence-electron chi connectivity index (χ4n) is 2.41. The van der Waals surface area contributed by atoms with Crippen molar-refractivity contribution in [3.8, 4) is 0 Å². The molecule has 126 valence electrons. The molecule has 0 aliphatic heterocycles. The van der Waals surface area contributed by atoms with E-state index in [0.29, 0.717) is 11.3 Å². The van der Waals surface area contributed by atoms with Crippen LogP contribution < -0.4 is 5.06 Å². The van der Waals surface area contributed by atoms with Gasteiger partial charge in [-0.2, -0.15) is 0 Å². The lowest BCUT2D eigenvalue weighted by Gasteiger charge is -2.26. The van der Waals surface area contributed by atoms with Crippen LogP contribution >= 0.6 is 0 Å². The fraction of sp³-hybridized carbons (Fsp3) is 0.263. The minimum absolute atomic E-state index is 0.0565. The van der Waals surface area contributed by atoms with Gasteiger partial charge in [0.25, 0.3) is 0 Å². The maximum atomic E-state index is 12.8. The summed E-state index contributed by atoms with van der Waals surface area (Å²) in [5.41, 5.74) is 0.983. The molecule has 1 unspecified atom stereocenters. The Labute approximate surface area is 141 Å². The van der Waals surface area contributed by atoms with Gasteiger partial charge in [-0.1, -0.05) is 48.5 Å². The summed E-state index contributed by atoms with van der Waals surface area (Å²) in [4.78, 5) is 24.4. The van der Waals surface area contributed by atoms with Crippen LogP contribution in [0.3, 0.4) is 0 Å². The van der Waals surface area contributed by atoms with Crippen molar-refractivity contribution in [2.75, 3.05) is 11.7 Å². The number of esters is 1. The standard InChI is InChI=1S/C19H21NO4/c1-2-24-18(21)14-13-17(19(22)15-9-5-3-6-10-15)20(23)16-11-7-4-8-12-16/h3-12,17,23H,2,13-14H2,1H3. The number of benzene rings is 2. The maximum absolute atomic E-state index is 12.8. The average Bonchev–Trinajstić information content (AvgIpc) is 2.63. The van der Waals surface area contributed by atoms with Crippen LogP contribution in [-0.4, -0.2) is 29.6 Å². The largest absolute Gasteiger partial charge is 0.466 e. The molecule has 0 fully saturated rings. The van der Waals surface area contributed by atoms with Gasteiger partial charge >= 0.3 is 5.97 Å². The number of hydrogen-bond donors (Lipinski definition) is 1. The second kappa shape index (κ2) is 8.84. The van der Waals surface area contributed by atoms with E-state index in [1.807, 2.05) is 12.1 Å². The number of anilines is 1. The van der Waals surface area contributed by atoms with Crippen molar-refractivity contribution in [1.82, 2.24) is 0 Å². The molecule has 24 heavy (non-hydrogen) atoms. The predicted octanol–water partition coefficient (Wildman–Crippen LogP) is 3.48. The Morgan fingerprint density at radius 2 is 1.62 bits per heavy atom. The summed E-state index contributed by atoms with van der Waals surface area (Å²) in [6.07, 6.45) is 0.221. The van der Waals surface area contributed by atoms with Gasteiger partial charge in [0, 0.05) is 12.0 Å². The molecule has 2 rings (SSSR count). The normalized spacial score (nSPS) is 11.6. The summed E-state index contributed by atoms with van der Waals surface area (Å²) < 4.78 is 4.91. The van der Waals surface area contributed by atoms with Crippen LogP contribution in [0.2, 0.25) is 0 Å². The Hall–Kier alpha value is -2.66. The van der Waals surface area contributed by atoms with Crippen LogP contribution in [0.25, 0.3) is 0 Å². The Bertz CT molecular complexity index is 658. The first-order valence-electron chi connectivity index (χ1n) is 7.91. The number of nitrogens with zero attached hydrogens (tertiary/aromatic N) is 1. The minimum Gasteiger partial charge on any atom is -0.466 e. The van der Waals surface area contributed by atoms with E-state index in [9.17, 15) is 14.8 Å². The Kier molecular flexibility index (Phi) is 6.51. The Balaban J connectivity index is 2.20. The Morgan fingerprint density at radius 1 is 1.04 bits per heavy atom. The molecule has 0 saturated heterocycles. The number of hydrogen-bond acceptors (Lipinski definition) is 5. The third-order valence-electron chi connectivity index (χ3n) is 3.60. The summed E-state index contributed by atoms with van der Waals surface area (Å²) >= 11 is 0. The monoisotopic (exact) mass is 327 g/mol. The van der Waals surface area contributed by atoms with E-state index in [4.69, 9.17) is 4.74 Å². The zero-order chi connectivity index (χ0) is 17.4. The first kappa shape index (κ1) is 17.7. The van der Waals surface area contributed by atoms with Gasteiger partial charge in [0.1, 0.15) is 6.04 Å². The van der Waals surface area contributed by atoms with Gasteiger partial charge in [0.05, 0.1) is 12.3 Å². The number of rotatable bonds is 8. The molecule has 5 heteroatoms. The number of ether oxygens (including phenoxy) is 1. The predicted molar refractivity (Wildman–Crippen MR) is 91.1 cm³/mol. The van der Waals surface area contributed by atoms with Gasteiger partial charge in [0.2, 0.25) is 0 Å². The highest BCUT2D eigenvalue weighted by molar-refractivity contribution is 6.01. The van der Waals surface area contributed by atoms with Crippen molar-refractivity contribution in [1.29, 1.82) is 0 Å². The minimum atomic E-state index is -0.862. The number of carbonyl (C=O) groups excluding carboxylic acids is 2. The number of hydroxylamine groups is 1. The SMILES string of the molecule is CCOC(=O)CCC(C(=O)c1ccccc1)N(O)c1ccccc1. The zero-order valence-electron chi connectivity index (χ0n) is 13.6. The lowest BCUT2D eigenvalue weighted by atomic mass is 9.99. The van der Waals surface area contributed by atoms with Crippen molar-refractivity contribution >= 4 is 17.4 Å². The molecule has 2 aromatic rings. The molecule has 5 nitrogen and oxygen atoms in total. The number of carbonyl (C=O) groups is 2. The van der Waals surface area contributed by atoms with Gasteiger partial charge in [0.15, 0.2) is 5.78 Å². The quantitative estimate of drug-likeness (QED) is 0.457. The van der Waals surface area contributed by atoms with Gasteiger partial charge < -0.3 is 4.74 Å². The van der Waals surface area contributed by atoms with Crippen LogP contribution in [0.5, 0.6) is 0 Å². The summed E-state index contributed by atoms with van der Waals surface area (Å²) in [6, 6.07) is 16.6. The summed E-state index contributed by atoms with van der Waals surface area (Å²) in [5.74, 6) is -0.629. The molecular formula is C19H21NO4. The molecule has 0 aliphatic carbocycles. The van der Waals surface area contributed by atoms with Gasteiger partial charge in [-0.05, 0) is 25.5 Å². The second-order valence-electron chi connectivity index (χ2n) is 5.27. The lowest BCUT2D eigenvalue weighted by molar-refractivity contribution is -0.143. The number of Topliss-reactive ketones (excluding diaryl/α,β-unsaturated/α-hetero) is 1. The summed E-state index contributed by atoms with van der Waals surface area (Å²) in [5, 5.41) is 11.4.